The molecule has 0 bridgehead atoms. The molecule has 2 unspecified atom stereocenters. The number of nitrogens with zero attached hydrogens (tertiary/aromatic N) is 4. The number of amides is 4. The molecule has 0 saturated carbocycles. The number of hydrogen-bond acceptors (Lipinski definition) is 18. The van der Waals surface area contributed by atoms with Crippen molar-refractivity contribution in [2.24, 2.45) is 5.41 Å². The van der Waals surface area contributed by atoms with Gasteiger partial charge >= 0.3 is 12.1 Å². The van der Waals surface area contributed by atoms with E-state index >= 15 is 0 Å². The summed E-state index contributed by atoms with van der Waals surface area (Å²) in [7, 11) is -1.21. The van der Waals surface area contributed by atoms with Crippen LogP contribution in [-0.4, -0.2) is 173 Å². The van der Waals surface area contributed by atoms with Gasteiger partial charge in [0.05, 0.1) is 79.3 Å². The third-order valence-corrected chi connectivity index (χ3v) is 15.1. The van der Waals surface area contributed by atoms with Crippen LogP contribution in [-0.2, 0) is 57.4 Å². The van der Waals surface area contributed by atoms with Gasteiger partial charge < -0.3 is 54.0 Å². The molecule has 21 nitrogen and oxygen atoms in total. The van der Waals surface area contributed by atoms with E-state index in [0.29, 0.717) is 16.6 Å². The number of carbonyl (C=O) groups is 5. The number of likely N-dealkylation sites (tertiary alicyclic amines) is 1. The Bertz CT molecular complexity index is 2700. The Morgan fingerprint density at radius 1 is 0.838 bits per heavy atom. The number of benzene rings is 2. The number of ether oxygens (including phenoxy) is 7. The summed E-state index contributed by atoms with van der Waals surface area (Å²) in [5, 5.41) is 9.60. The SMILES string of the molecule is COC(=O)[C@@H]1C[C@H](NC(=O)COCCOCCOCCOCCOc2cc3nccc(Nc4ccc5scnc5c4)c3cc2S(=O)(=O)C(C)(C)C)CN1C(=O)C(NC(=O)C(C)N(C)C(=O)OC(C)(C)C)C(C)(C)C. The minimum absolute atomic E-state index is 0.0245. The summed E-state index contributed by atoms with van der Waals surface area (Å²) >= 11 is 1.55. The van der Waals surface area contributed by atoms with Crippen LogP contribution in [0.15, 0.2) is 53.0 Å². The first-order valence-electron chi connectivity index (χ1n) is 24.4. The van der Waals surface area contributed by atoms with E-state index in [1.807, 2.05) is 18.2 Å². The number of methoxy groups -OCH3 is 1. The lowest BCUT2D eigenvalue weighted by molar-refractivity contribution is -0.153. The van der Waals surface area contributed by atoms with E-state index in [1.54, 1.807) is 104 Å². The average Bonchev–Trinajstić information content (AvgIpc) is 3.98. The normalized spacial score (nSPS) is 16.1. The molecule has 4 aromatic rings. The lowest BCUT2D eigenvalue weighted by Gasteiger charge is -2.36. The van der Waals surface area contributed by atoms with Crippen molar-refractivity contribution in [2.75, 3.05) is 85.5 Å². The molecule has 23 heteroatoms. The molecule has 1 saturated heterocycles. The fourth-order valence-electron chi connectivity index (χ4n) is 7.60. The third-order valence-electron chi connectivity index (χ3n) is 11.8. The summed E-state index contributed by atoms with van der Waals surface area (Å²) in [6.45, 7) is 18.1. The Morgan fingerprint density at radius 3 is 2.08 bits per heavy atom. The second-order valence-corrected chi connectivity index (χ2v) is 24.4. The fourth-order valence-corrected chi connectivity index (χ4v) is 9.57. The molecule has 3 N–H and O–H groups in total. The summed E-state index contributed by atoms with van der Waals surface area (Å²) in [6.07, 6.45) is 1.02. The number of carbonyl (C=O) groups excluding carboxylic acids is 5. The van der Waals surface area contributed by atoms with Gasteiger partial charge in [-0.2, -0.15) is 0 Å². The zero-order chi connectivity index (χ0) is 54.6. The quantitative estimate of drug-likeness (QED) is 0.0566. The minimum Gasteiger partial charge on any atom is -0.490 e. The van der Waals surface area contributed by atoms with Crippen LogP contribution in [0.2, 0.25) is 0 Å². The number of anilines is 2. The largest absolute Gasteiger partial charge is 0.490 e. The lowest BCUT2D eigenvalue weighted by atomic mass is 9.85. The van der Waals surface area contributed by atoms with Crippen molar-refractivity contribution in [1.82, 2.24) is 30.4 Å². The van der Waals surface area contributed by atoms with Crippen LogP contribution < -0.4 is 20.7 Å². The molecule has 408 valence electrons. The monoisotopic (exact) mass is 1070 g/mol. The first kappa shape index (κ1) is 59.2. The Morgan fingerprint density at radius 2 is 1.47 bits per heavy atom. The van der Waals surface area contributed by atoms with Crippen molar-refractivity contribution in [3.8, 4) is 5.75 Å². The summed E-state index contributed by atoms with van der Waals surface area (Å²) in [4.78, 5) is 77.3. The molecule has 3 heterocycles. The van der Waals surface area contributed by atoms with E-state index in [9.17, 15) is 32.4 Å². The zero-order valence-corrected chi connectivity index (χ0v) is 46.2. The van der Waals surface area contributed by atoms with Crippen LogP contribution >= 0.6 is 11.3 Å². The van der Waals surface area contributed by atoms with Gasteiger partial charge in [-0.3, -0.25) is 24.3 Å². The molecule has 0 radical (unpaired) electrons. The van der Waals surface area contributed by atoms with Crippen LogP contribution in [0.4, 0.5) is 16.2 Å². The number of hydrogen-bond donors (Lipinski definition) is 3. The van der Waals surface area contributed by atoms with Gasteiger partial charge in [0.1, 0.15) is 47.6 Å². The molecular weight excluding hydrogens is 999 g/mol. The van der Waals surface area contributed by atoms with E-state index < -0.39 is 79.6 Å². The van der Waals surface area contributed by atoms with Gasteiger partial charge in [0.15, 0.2) is 9.84 Å². The molecule has 5 rings (SSSR count). The lowest BCUT2D eigenvalue weighted by Crippen LogP contribution is -2.59. The van der Waals surface area contributed by atoms with Gasteiger partial charge in [-0.25, -0.2) is 23.0 Å². The van der Waals surface area contributed by atoms with E-state index in [-0.39, 0.29) is 83.1 Å². The highest BCUT2D eigenvalue weighted by Crippen LogP contribution is 2.38. The number of likely N-dealkylation sites (N-methyl/N-ethyl adjacent to an activating group) is 1. The van der Waals surface area contributed by atoms with E-state index in [0.717, 1.165) is 20.8 Å². The number of pyridine rings is 1. The highest BCUT2D eigenvalue weighted by atomic mass is 32.2. The molecule has 0 aliphatic carbocycles. The fraction of sp³-hybridized carbons (Fsp3) is 0.588. The van der Waals surface area contributed by atoms with Crippen LogP contribution in [0.5, 0.6) is 5.75 Å². The average molecular weight is 1070 g/mol. The predicted molar refractivity (Wildman–Crippen MR) is 279 cm³/mol. The Hall–Kier alpha value is -5.72. The highest BCUT2D eigenvalue weighted by Gasteiger charge is 2.46. The maximum Gasteiger partial charge on any atom is 0.410 e. The van der Waals surface area contributed by atoms with Gasteiger partial charge in [0.2, 0.25) is 17.7 Å². The summed E-state index contributed by atoms with van der Waals surface area (Å²) in [5.41, 5.74) is 3.09. The van der Waals surface area contributed by atoms with Crippen LogP contribution in [0, 0.1) is 5.41 Å². The molecule has 0 spiro atoms. The standard InChI is InChI=1S/C51H73N7O14S2/c1-32(57(11)48(63)72-50(5,6)7)45(60)56-44(49(2,3)4)46(61)58-29-34(26-39(58)47(62)66-12)55-43(59)30-70-22-21-68-18-17-67-19-20-69-23-24-71-40-28-37-35(27-42(40)74(64,65)51(8,9)10)36(15-16-52-37)54-33-13-14-41-38(25-33)53-31-73-41/h13-16,25,27-28,31-32,34,39,44H,17-24,26,29-30H2,1-12H3,(H,52,54)(H,55,59)(H,56,60)/t32?,34-,39-,44?/m0/s1. The number of esters is 1. The minimum atomic E-state index is -3.84. The molecule has 74 heavy (non-hydrogen) atoms. The molecular formula is C51H73N7O14S2. The van der Waals surface area contributed by atoms with Gasteiger partial charge in [-0.05, 0) is 84.2 Å². The Kier molecular flexibility index (Phi) is 20.5. The molecule has 2 aromatic heterocycles. The number of aromatic nitrogens is 2. The Balaban J connectivity index is 0.992. The van der Waals surface area contributed by atoms with Gasteiger partial charge in [-0.15, -0.1) is 11.3 Å². The molecule has 4 atom stereocenters. The van der Waals surface area contributed by atoms with Crippen molar-refractivity contribution in [2.45, 2.75) is 115 Å². The molecule has 1 fully saturated rings. The van der Waals surface area contributed by atoms with Crippen LogP contribution in [0.1, 0.15) is 75.7 Å². The second kappa shape index (κ2) is 25.7. The van der Waals surface area contributed by atoms with Crippen molar-refractivity contribution < 1.29 is 65.5 Å². The topological polar surface area (TPSA) is 252 Å². The number of thiazole rings is 1. The number of sulfone groups is 1. The summed E-state index contributed by atoms with van der Waals surface area (Å²) in [6, 6.07) is 7.18. The molecule has 2 aromatic carbocycles. The van der Waals surface area contributed by atoms with Crippen molar-refractivity contribution in [3.05, 3.63) is 48.1 Å². The molecule has 1 aliphatic rings. The zero-order valence-electron chi connectivity index (χ0n) is 44.5. The van der Waals surface area contributed by atoms with E-state index in [2.05, 4.69) is 25.9 Å². The van der Waals surface area contributed by atoms with Gasteiger partial charge in [0, 0.05) is 55.1 Å². The number of rotatable bonds is 24. The predicted octanol–water partition coefficient (Wildman–Crippen LogP) is 5.65. The highest BCUT2D eigenvalue weighted by molar-refractivity contribution is 7.92. The van der Waals surface area contributed by atoms with Crippen LogP contribution in [0.25, 0.3) is 21.1 Å². The van der Waals surface area contributed by atoms with Crippen LogP contribution in [0.3, 0.4) is 0 Å². The van der Waals surface area contributed by atoms with Crippen molar-refractivity contribution in [1.29, 1.82) is 0 Å². The number of fused-ring (bicyclic) bond motifs is 2. The second-order valence-electron chi connectivity index (χ2n) is 20.8. The summed E-state index contributed by atoms with van der Waals surface area (Å²) < 4.78 is 66.4. The molecule has 4 amide bonds. The number of nitrogens with one attached hydrogen (secondary N) is 3. The van der Waals surface area contributed by atoms with Gasteiger partial charge in [-0.1, -0.05) is 20.8 Å². The van der Waals surface area contributed by atoms with Crippen molar-refractivity contribution in [3.63, 3.8) is 0 Å². The maximum absolute atomic E-state index is 14.1. The summed E-state index contributed by atoms with van der Waals surface area (Å²) in [5.74, 6) is -2.10. The smallest absolute Gasteiger partial charge is 0.410 e. The molecule has 1 aliphatic heterocycles. The first-order chi connectivity index (χ1) is 34.7. The van der Waals surface area contributed by atoms with Gasteiger partial charge in [0.25, 0.3) is 0 Å². The first-order valence-corrected chi connectivity index (χ1v) is 26.7. The third kappa shape index (κ3) is 16.1. The van der Waals surface area contributed by atoms with Crippen molar-refractivity contribution >= 4 is 83.5 Å². The van der Waals surface area contributed by atoms with E-state index in [4.69, 9.17) is 33.2 Å². The Labute approximate surface area is 437 Å². The maximum atomic E-state index is 14.1. The van der Waals surface area contributed by atoms with E-state index in [1.165, 1.54) is 26.0 Å².